The second-order valence-corrected chi connectivity index (χ2v) is 3.57. The summed E-state index contributed by atoms with van der Waals surface area (Å²) in [5.74, 6) is -1.01. The summed E-state index contributed by atoms with van der Waals surface area (Å²) in [6, 6.07) is 2.71. The molecule has 1 nitrogen and oxygen atoms in total. The van der Waals surface area contributed by atoms with Gasteiger partial charge in [-0.05, 0) is 25.5 Å². The fourth-order valence-electron chi connectivity index (χ4n) is 1.39. The highest BCUT2D eigenvalue weighted by molar-refractivity contribution is 5.33. The molecule has 2 rings (SSSR count). The molecule has 0 saturated carbocycles. The van der Waals surface area contributed by atoms with Gasteiger partial charge in [-0.25, -0.2) is 8.78 Å². The summed E-state index contributed by atoms with van der Waals surface area (Å²) in [6.07, 6.45) is 0. The Morgan fingerprint density at radius 2 is 2.00 bits per heavy atom. The van der Waals surface area contributed by atoms with E-state index in [4.69, 9.17) is 4.74 Å². The van der Waals surface area contributed by atoms with E-state index in [0.29, 0.717) is 12.2 Å². The van der Waals surface area contributed by atoms with E-state index in [9.17, 15) is 8.78 Å². The van der Waals surface area contributed by atoms with Gasteiger partial charge in [0, 0.05) is 0 Å². The predicted octanol–water partition coefficient (Wildman–Crippen LogP) is 2.52. The zero-order chi connectivity index (χ0) is 9.64. The standard InChI is InChI=1S/C10H10F2O/c1-6-3-4-7(11)8(9(6)12)10(2)5-13-10/h3-4H,5H2,1-2H3. The van der Waals surface area contributed by atoms with Gasteiger partial charge in [0.2, 0.25) is 0 Å². The van der Waals surface area contributed by atoms with Crippen LogP contribution >= 0.6 is 0 Å². The van der Waals surface area contributed by atoms with Crippen LogP contribution in [0.5, 0.6) is 0 Å². The molecule has 1 aromatic carbocycles. The highest BCUT2D eigenvalue weighted by Crippen LogP contribution is 2.41. The zero-order valence-corrected chi connectivity index (χ0v) is 7.53. The average Bonchev–Trinajstić information content (AvgIpc) is 2.78. The molecule has 0 radical (unpaired) electrons. The van der Waals surface area contributed by atoms with E-state index >= 15 is 0 Å². The molecule has 0 amide bonds. The predicted molar refractivity (Wildman–Crippen MR) is 44.4 cm³/mol. The quantitative estimate of drug-likeness (QED) is 0.611. The van der Waals surface area contributed by atoms with Crippen molar-refractivity contribution in [1.82, 2.24) is 0 Å². The fraction of sp³-hybridized carbons (Fsp3) is 0.400. The van der Waals surface area contributed by atoms with Gasteiger partial charge in [0.1, 0.15) is 17.2 Å². The van der Waals surface area contributed by atoms with Crippen molar-refractivity contribution in [3.8, 4) is 0 Å². The van der Waals surface area contributed by atoms with Crippen LogP contribution in [0, 0.1) is 18.6 Å². The van der Waals surface area contributed by atoms with E-state index in [1.165, 1.54) is 12.1 Å². The van der Waals surface area contributed by atoms with Gasteiger partial charge in [-0.15, -0.1) is 0 Å². The third-order valence-electron chi connectivity index (χ3n) is 2.39. The van der Waals surface area contributed by atoms with E-state index in [1.807, 2.05) is 0 Å². The first-order valence-corrected chi connectivity index (χ1v) is 4.14. The minimum atomic E-state index is -0.736. The highest BCUT2D eigenvalue weighted by Gasteiger charge is 2.45. The van der Waals surface area contributed by atoms with Crippen molar-refractivity contribution >= 4 is 0 Å². The summed E-state index contributed by atoms with van der Waals surface area (Å²) in [4.78, 5) is 0. The molecule has 0 bridgehead atoms. The Hall–Kier alpha value is -0.960. The summed E-state index contributed by atoms with van der Waals surface area (Å²) in [5, 5.41) is 0. The molecule has 1 aromatic rings. The number of benzene rings is 1. The summed E-state index contributed by atoms with van der Waals surface area (Å²) in [6.45, 7) is 3.70. The summed E-state index contributed by atoms with van der Waals surface area (Å²) in [5.41, 5.74) is -0.221. The molecule has 1 unspecified atom stereocenters. The molecule has 70 valence electrons. The molecule has 3 heteroatoms. The van der Waals surface area contributed by atoms with Gasteiger partial charge in [-0.3, -0.25) is 0 Å². The molecule has 0 N–H and O–H groups in total. The maximum absolute atomic E-state index is 13.5. The summed E-state index contributed by atoms with van der Waals surface area (Å²) in [7, 11) is 0. The maximum atomic E-state index is 13.5. The summed E-state index contributed by atoms with van der Waals surface area (Å²) >= 11 is 0. The Labute approximate surface area is 75.3 Å². The van der Waals surface area contributed by atoms with Crippen LogP contribution in [0.1, 0.15) is 18.1 Å². The van der Waals surface area contributed by atoms with Crippen LogP contribution in [-0.2, 0) is 10.3 Å². The molecule has 0 aliphatic carbocycles. The number of rotatable bonds is 1. The van der Waals surface area contributed by atoms with Gasteiger partial charge < -0.3 is 4.74 Å². The van der Waals surface area contributed by atoms with Crippen molar-refractivity contribution in [2.45, 2.75) is 19.4 Å². The Morgan fingerprint density at radius 1 is 1.38 bits per heavy atom. The topological polar surface area (TPSA) is 12.5 Å². The first kappa shape index (κ1) is 8.63. The number of epoxide rings is 1. The second-order valence-electron chi connectivity index (χ2n) is 3.57. The van der Waals surface area contributed by atoms with Gasteiger partial charge in [0.15, 0.2) is 0 Å². The van der Waals surface area contributed by atoms with Gasteiger partial charge in [0.05, 0.1) is 12.2 Å². The lowest BCUT2D eigenvalue weighted by Gasteiger charge is -2.09. The number of hydrogen-bond acceptors (Lipinski definition) is 1. The monoisotopic (exact) mass is 184 g/mol. The lowest BCUT2D eigenvalue weighted by Crippen LogP contribution is -2.10. The van der Waals surface area contributed by atoms with E-state index in [0.717, 1.165) is 0 Å². The number of hydrogen-bond donors (Lipinski definition) is 0. The van der Waals surface area contributed by atoms with Crippen molar-refractivity contribution in [3.05, 3.63) is 34.9 Å². The molecule has 1 heterocycles. The second kappa shape index (κ2) is 2.51. The fourth-order valence-corrected chi connectivity index (χ4v) is 1.39. The first-order valence-electron chi connectivity index (χ1n) is 4.14. The highest BCUT2D eigenvalue weighted by atomic mass is 19.1. The zero-order valence-electron chi connectivity index (χ0n) is 7.53. The molecule has 13 heavy (non-hydrogen) atoms. The largest absolute Gasteiger partial charge is 0.365 e. The van der Waals surface area contributed by atoms with Crippen LogP contribution in [0.2, 0.25) is 0 Å². The maximum Gasteiger partial charge on any atom is 0.135 e. The third kappa shape index (κ3) is 1.23. The number of aryl methyl sites for hydroxylation is 1. The molecule has 0 aromatic heterocycles. The van der Waals surface area contributed by atoms with Crippen LogP contribution in [0.15, 0.2) is 12.1 Å². The summed E-state index contributed by atoms with van der Waals surface area (Å²) < 4.78 is 31.7. The van der Waals surface area contributed by atoms with E-state index in [-0.39, 0.29) is 5.56 Å². The molecular formula is C10H10F2O. The number of halogens is 2. The lowest BCUT2D eigenvalue weighted by atomic mass is 9.98. The van der Waals surface area contributed by atoms with Crippen molar-refractivity contribution in [3.63, 3.8) is 0 Å². The van der Waals surface area contributed by atoms with Crippen LogP contribution < -0.4 is 0 Å². The third-order valence-corrected chi connectivity index (χ3v) is 2.39. The SMILES string of the molecule is Cc1ccc(F)c(C2(C)CO2)c1F. The Morgan fingerprint density at radius 3 is 2.54 bits per heavy atom. The van der Waals surface area contributed by atoms with Crippen molar-refractivity contribution < 1.29 is 13.5 Å². The van der Waals surface area contributed by atoms with Crippen molar-refractivity contribution in [1.29, 1.82) is 0 Å². The minimum Gasteiger partial charge on any atom is -0.365 e. The molecular weight excluding hydrogens is 174 g/mol. The molecule has 1 saturated heterocycles. The van der Waals surface area contributed by atoms with Crippen molar-refractivity contribution in [2.24, 2.45) is 0 Å². The van der Waals surface area contributed by atoms with Gasteiger partial charge >= 0.3 is 0 Å². The van der Waals surface area contributed by atoms with E-state index in [2.05, 4.69) is 0 Å². The van der Waals surface area contributed by atoms with Crippen molar-refractivity contribution in [2.75, 3.05) is 6.61 Å². The Bertz CT molecular complexity index is 356. The molecule has 1 aliphatic rings. The van der Waals surface area contributed by atoms with Crippen LogP contribution in [0.25, 0.3) is 0 Å². The molecule has 0 spiro atoms. The molecule has 1 atom stereocenters. The van der Waals surface area contributed by atoms with E-state index in [1.54, 1.807) is 13.8 Å². The molecule has 1 fully saturated rings. The van der Waals surface area contributed by atoms with Gasteiger partial charge in [-0.2, -0.15) is 0 Å². The Kier molecular flexibility index (Phi) is 1.67. The van der Waals surface area contributed by atoms with E-state index < -0.39 is 17.2 Å². The van der Waals surface area contributed by atoms with Crippen LogP contribution in [-0.4, -0.2) is 6.61 Å². The molecule has 1 aliphatic heterocycles. The number of ether oxygens (including phenoxy) is 1. The van der Waals surface area contributed by atoms with Gasteiger partial charge in [0.25, 0.3) is 0 Å². The lowest BCUT2D eigenvalue weighted by molar-refractivity contribution is 0.312. The minimum absolute atomic E-state index is 0.0625. The van der Waals surface area contributed by atoms with Crippen LogP contribution in [0.4, 0.5) is 8.78 Å². The smallest absolute Gasteiger partial charge is 0.135 e. The van der Waals surface area contributed by atoms with Crippen LogP contribution in [0.3, 0.4) is 0 Å². The normalized spacial score (nSPS) is 26.2. The first-order chi connectivity index (χ1) is 6.04. The Balaban J connectivity index is 2.61. The van der Waals surface area contributed by atoms with Gasteiger partial charge in [-0.1, -0.05) is 6.07 Å². The average molecular weight is 184 g/mol.